The molecule has 0 amide bonds. The Kier molecular flexibility index (Phi) is 5.19. The summed E-state index contributed by atoms with van der Waals surface area (Å²) in [5, 5.41) is 0.574. The van der Waals surface area contributed by atoms with E-state index in [0.29, 0.717) is 16.4 Å². The van der Waals surface area contributed by atoms with E-state index >= 15 is 0 Å². The van der Waals surface area contributed by atoms with Crippen LogP contribution in [0.2, 0.25) is 5.02 Å². The molecular formula is C22H20ClNO3. The van der Waals surface area contributed by atoms with Crippen molar-refractivity contribution < 1.29 is 14.3 Å². The van der Waals surface area contributed by atoms with E-state index in [1.807, 2.05) is 44.2 Å². The van der Waals surface area contributed by atoms with Crippen molar-refractivity contribution in [2.75, 3.05) is 12.0 Å². The number of esters is 1. The van der Waals surface area contributed by atoms with E-state index in [1.54, 1.807) is 30.0 Å². The lowest BCUT2D eigenvalue weighted by atomic mass is 10.1. The summed E-state index contributed by atoms with van der Waals surface area (Å²) in [6.45, 7) is 5.79. The number of ether oxygens (including phenoxy) is 1. The quantitative estimate of drug-likeness (QED) is 0.434. The Labute approximate surface area is 163 Å². The lowest BCUT2D eigenvalue weighted by Gasteiger charge is -2.22. The van der Waals surface area contributed by atoms with Crippen LogP contribution in [-0.4, -0.2) is 18.9 Å². The van der Waals surface area contributed by atoms with E-state index in [1.165, 1.54) is 7.11 Å². The minimum atomic E-state index is -0.638. The van der Waals surface area contributed by atoms with Gasteiger partial charge in [0, 0.05) is 16.4 Å². The molecule has 0 saturated heterocycles. The number of hydrogen-bond donors (Lipinski definition) is 0. The van der Waals surface area contributed by atoms with Crippen LogP contribution >= 0.6 is 11.6 Å². The zero-order chi connectivity index (χ0) is 19.7. The summed E-state index contributed by atoms with van der Waals surface area (Å²) in [7, 11) is 1.27. The molecule has 0 spiro atoms. The summed E-state index contributed by atoms with van der Waals surface area (Å²) in [5.74, 6) is -1.00. The number of rotatable bonds is 3. The van der Waals surface area contributed by atoms with Crippen LogP contribution in [0.15, 0.2) is 59.4 Å². The van der Waals surface area contributed by atoms with Crippen molar-refractivity contribution in [3.8, 4) is 0 Å². The molecule has 0 atom stereocenters. The van der Waals surface area contributed by atoms with Gasteiger partial charge in [0.2, 0.25) is 5.78 Å². The number of allylic oxidation sites excluding steroid dienone is 2. The van der Waals surface area contributed by atoms with Gasteiger partial charge >= 0.3 is 5.97 Å². The summed E-state index contributed by atoms with van der Waals surface area (Å²) in [6, 6.07) is 13.1. The summed E-state index contributed by atoms with van der Waals surface area (Å²) in [4.78, 5) is 27.0. The molecule has 4 nitrogen and oxygen atoms in total. The molecule has 3 rings (SSSR count). The number of methoxy groups -OCH3 is 1. The molecule has 0 unspecified atom stereocenters. The second-order valence-corrected chi connectivity index (χ2v) is 6.91. The number of carbonyl (C=O) groups excluding carboxylic acids is 2. The lowest BCUT2D eigenvalue weighted by Crippen LogP contribution is -2.18. The maximum Gasteiger partial charge on any atom is 0.343 e. The number of Topliss-reactive ketones (excluding diaryl/α,β-unsaturated/α-hetero) is 1. The molecule has 1 aliphatic heterocycles. The van der Waals surface area contributed by atoms with E-state index < -0.39 is 5.97 Å². The second-order valence-electron chi connectivity index (χ2n) is 6.47. The van der Waals surface area contributed by atoms with E-state index in [0.717, 1.165) is 22.4 Å². The summed E-state index contributed by atoms with van der Waals surface area (Å²) in [6.07, 6.45) is 1.74. The molecule has 138 valence electrons. The first-order valence-electron chi connectivity index (χ1n) is 8.52. The van der Waals surface area contributed by atoms with E-state index in [2.05, 4.69) is 0 Å². The van der Waals surface area contributed by atoms with Gasteiger partial charge in [-0.05, 0) is 67.8 Å². The minimum Gasteiger partial charge on any atom is -0.465 e. The Morgan fingerprint density at radius 2 is 1.81 bits per heavy atom. The summed E-state index contributed by atoms with van der Waals surface area (Å²) < 4.78 is 4.83. The molecule has 0 fully saturated rings. The van der Waals surface area contributed by atoms with Crippen molar-refractivity contribution in [1.82, 2.24) is 0 Å². The Bertz CT molecular complexity index is 1000. The molecule has 0 saturated carbocycles. The van der Waals surface area contributed by atoms with Gasteiger partial charge in [0.05, 0.1) is 12.8 Å². The Morgan fingerprint density at radius 3 is 2.44 bits per heavy atom. The van der Waals surface area contributed by atoms with Crippen LogP contribution < -0.4 is 4.90 Å². The Morgan fingerprint density at radius 1 is 1.07 bits per heavy atom. The molecule has 2 aromatic rings. The van der Waals surface area contributed by atoms with Crippen LogP contribution in [0.1, 0.15) is 23.6 Å². The smallest absolute Gasteiger partial charge is 0.343 e. The van der Waals surface area contributed by atoms with Crippen LogP contribution in [0.25, 0.3) is 6.08 Å². The van der Waals surface area contributed by atoms with Gasteiger partial charge in [-0.2, -0.15) is 0 Å². The zero-order valence-corrected chi connectivity index (χ0v) is 16.4. The Hall–Kier alpha value is -2.85. The Balaban J connectivity index is 2.19. The molecule has 0 aliphatic carbocycles. The molecule has 1 heterocycles. The fourth-order valence-corrected chi connectivity index (χ4v) is 3.31. The zero-order valence-electron chi connectivity index (χ0n) is 15.7. The molecule has 2 aromatic carbocycles. The molecule has 0 bridgehead atoms. The fraction of sp³-hybridized carbons (Fsp3) is 0.182. The number of benzene rings is 2. The van der Waals surface area contributed by atoms with Gasteiger partial charge in [-0.25, -0.2) is 4.79 Å². The van der Waals surface area contributed by atoms with Crippen LogP contribution in [0.4, 0.5) is 5.69 Å². The predicted molar refractivity (Wildman–Crippen MR) is 108 cm³/mol. The summed E-state index contributed by atoms with van der Waals surface area (Å²) >= 11 is 6.08. The monoisotopic (exact) mass is 381 g/mol. The standard InChI is InChI=1S/C22H20ClNO3/c1-13-8-9-18(10-14(13)2)24-15(3)20(22(26)27-4)21(25)19(24)12-16-6-5-7-17(23)11-16/h5-12H,1-4H3/b19-12+. The third-order valence-corrected chi connectivity index (χ3v) is 4.92. The number of hydrogen-bond acceptors (Lipinski definition) is 4. The number of nitrogens with zero attached hydrogens (tertiary/aromatic N) is 1. The van der Waals surface area contributed by atoms with Crippen molar-refractivity contribution in [2.24, 2.45) is 0 Å². The average Bonchev–Trinajstić information content (AvgIpc) is 2.87. The van der Waals surface area contributed by atoms with Crippen LogP contribution in [0.3, 0.4) is 0 Å². The van der Waals surface area contributed by atoms with E-state index in [9.17, 15) is 9.59 Å². The van der Waals surface area contributed by atoms with Crippen molar-refractivity contribution in [3.63, 3.8) is 0 Å². The molecule has 27 heavy (non-hydrogen) atoms. The molecule has 0 aromatic heterocycles. The average molecular weight is 382 g/mol. The second kappa shape index (κ2) is 7.41. The van der Waals surface area contributed by atoms with Crippen molar-refractivity contribution in [2.45, 2.75) is 20.8 Å². The van der Waals surface area contributed by atoms with Crippen molar-refractivity contribution in [3.05, 3.63) is 81.1 Å². The van der Waals surface area contributed by atoms with E-state index in [-0.39, 0.29) is 11.4 Å². The molecular weight excluding hydrogens is 362 g/mol. The van der Waals surface area contributed by atoms with Gasteiger partial charge in [0.15, 0.2) is 0 Å². The summed E-state index contributed by atoms with van der Waals surface area (Å²) in [5.41, 5.74) is 4.82. The number of anilines is 1. The number of carbonyl (C=O) groups is 2. The third-order valence-electron chi connectivity index (χ3n) is 4.69. The third kappa shape index (κ3) is 3.53. The first-order chi connectivity index (χ1) is 12.8. The van der Waals surface area contributed by atoms with Gasteiger partial charge in [0.25, 0.3) is 0 Å². The SMILES string of the molecule is COC(=O)C1=C(C)N(c2ccc(C)c(C)c2)/C(=C/c2cccc(Cl)c2)C1=O. The van der Waals surface area contributed by atoms with E-state index in [4.69, 9.17) is 16.3 Å². The van der Waals surface area contributed by atoms with Gasteiger partial charge in [-0.3, -0.25) is 4.79 Å². The topological polar surface area (TPSA) is 46.6 Å². The van der Waals surface area contributed by atoms with Crippen molar-refractivity contribution >= 4 is 35.1 Å². The highest BCUT2D eigenvalue weighted by Gasteiger charge is 2.38. The first-order valence-corrected chi connectivity index (χ1v) is 8.90. The van der Waals surface area contributed by atoms with Crippen LogP contribution in [0.5, 0.6) is 0 Å². The highest BCUT2D eigenvalue weighted by atomic mass is 35.5. The van der Waals surface area contributed by atoms with Crippen LogP contribution in [-0.2, 0) is 14.3 Å². The maximum atomic E-state index is 13.0. The fourth-order valence-electron chi connectivity index (χ4n) is 3.11. The largest absolute Gasteiger partial charge is 0.465 e. The molecule has 0 N–H and O–H groups in total. The number of halogens is 1. The maximum absolute atomic E-state index is 13.0. The number of aryl methyl sites for hydroxylation is 2. The molecule has 5 heteroatoms. The lowest BCUT2D eigenvalue weighted by molar-refractivity contribution is -0.137. The minimum absolute atomic E-state index is 0.0454. The van der Waals surface area contributed by atoms with Crippen molar-refractivity contribution in [1.29, 1.82) is 0 Å². The molecule has 1 aliphatic rings. The van der Waals surface area contributed by atoms with Gasteiger partial charge < -0.3 is 9.64 Å². The van der Waals surface area contributed by atoms with Gasteiger partial charge in [0.1, 0.15) is 5.57 Å². The highest BCUT2D eigenvalue weighted by Crippen LogP contribution is 2.36. The predicted octanol–water partition coefficient (Wildman–Crippen LogP) is 4.83. The van der Waals surface area contributed by atoms with Gasteiger partial charge in [-0.1, -0.05) is 29.8 Å². The van der Waals surface area contributed by atoms with Crippen LogP contribution in [0, 0.1) is 13.8 Å². The molecule has 0 radical (unpaired) electrons. The normalized spacial score (nSPS) is 15.7. The first kappa shape index (κ1) is 18.9. The van der Waals surface area contributed by atoms with Gasteiger partial charge in [-0.15, -0.1) is 0 Å². The highest BCUT2D eigenvalue weighted by molar-refractivity contribution is 6.31. The number of ketones is 1.